The molecule has 1 aromatic carbocycles. The van der Waals surface area contributed by atoms with Crippen LogP contribution in [0.15, 0.2) is 18.2 Å². The first-order valence-electron chi connectivity index (χ1n) is 6.64. The Morgan fingerprint density at radius 1 is 1.41 bits per heavy atom. The highest BCUT2D eigenvalue weighted by atomic mass is 16.5. The summed E-state index contributed by atoms with van der Waals surface area (Å²) in [5.74, 6) is 1.88. The van der Waals surface area contributed by atoms with Gasteiger partial charge in [0.25, 0.3) is 0 Å². The van der Waals surface area contributed by atoms with Crippen LogP contribution < -0.4 is 10.1 Å². The van der Waals surface area contributed by atoms with Crippen LogP contribution in [-0.2, 0) is 6.42 Å². The molecule has 0 spiro atoms. The molecular weight excluding hydrogens is 210 g/mol. The quantitative estimate of drug-likeness (QED) is 0.863. The van der Waals surface area contributed by atoms with E-state index in [2.05, 4.69) is 30.4 Å². The molecule has 1 unspecified atom stereocenters. The van der Waals surface area contributed by atoms with Crippen molar-refractivity contribution in [3.63, 3.8) is 0 Å². The number of aryl methyl sites for hydroxylation is 2. The number of benzene rings is 1. The highest BCUT2D eigenvalue weighted by molar-refractivity contribution is 5.36. The van der Waals surface area contributed by atoms with Crippen LogP contribution in [0.4, 0.5) is 0 Å². The summed E-state index contributed by atoms with van der Waals surface area (Å²) < 4.78 is 5.42. The number of nitrogens with one attached hydrogen (secondary N) is 1. The van der Waals surface area contributed by atoms with Crippen molar-refractivity contribution in [1.82, 2.24) is 5.32 Å². The molecule has 1 heterocycles. The van der Waals surface area contributed by atoms with Gasteiger partial charge in [0.1, 0.15) is 5.75 Å². The normalized spacial score (nSPS) is 20.2. The molecule has 17 heavy (non-hydrogen) atoms. The maximum absolute atomic E-state index is 5.42. The molecule has 2 nitrogen and oxygen atoms in total. The molecule has 0 aliphatic carbocycles. The standard InChI is InChI=1S/C15H23NO/c1-12-5-8-15(17-2)14(10-12)7-6-13-4-3-9-16-11-13/h5,8,10,13,16H,3-4,6-7,9,11H2,1-2H3. The minimum Gasteiger partial charge on any atom is -0.496 e. The SMILES string of the molecule is COc1ccc(C)cc1CCC1CCCNC1. The fraction of sp³-hybridized carbons (Fsp3) is 0.600. The molecular formula is C15H23NO. The van der Waals surface area contributed by atoms with E-state index in [-0.39, 0.29) is 0 Å². The minimum absolute atomic E-state index is 0.842. The van der Waals surface area contributed by atoms with Crippen molar-refractivity contribution in [2.45, 2.75) is 32.6 Å². The van der Waals surface area contributed by atoms with Gasteiger partial charge in [-0.15, -0.1) is 0 Å². The predicted octanol–water partition coefficient (Wildman–Crippen LogP) is 2.94. The average Bonchev–Trinajstić information content (AvgIpc) is 2.38. The van der Waals surface area contributed by atoms with Gasteiger partial charge in [-0.3, -0.25) is 0 Å². The van der Waals surface area contributed by atoms with Crippen molar-refractivity contribution >= 4 is 0 Å². The van der Waals surface area contributed by atoms with Crippen LogP contribution in [-0.4, -0.2) is 20.2 Å². The van der Waals surface area contributed by atoms with Gasteiger partial charge in [0.15, 0.2) is 0 Å². The first kappa shape index (κ1) is 12.4. The van der Waals surface area contributed by atoms with E-state index in [1.165, 1.54) is 43.5 Å². The van der Waals surface area contributed by atoms with Gasteiger partial charge in [-0.2, -0.15) is 0 Å². The van der Waals surface area contributed by atoms with Gasteiger partial charge in [-0.25, -0.2) is 0 Å². The van der Waals surface area contributed by atoms with Crippen molar-refractivity contribution in [2.75, 3.05) is 20.2 Å². The number of rotatable bonds is 4. The van der Waals surface area contributed by atoms with E-state index < -0.39 is 0 Å². The molecule has 1 aliphatic heterocycles. The molecule has 1 saturated heterocycles. The summed E-state index contributed by atoms with van der Waals surface area (Å²) in [6, 6.07) is 6.46. The zero-order valence-electron chi connectivity index (χ0n) is 11.0. The van der Waals surface area contributed by atoms with Crippen LogP contribution in [0.1, 0.15) is 30.4 Å². The first-order chi connectivity index (χ1) is 8.29. The highest BCUT2D eigenvalue weighted by Crippen LogP contribution is 2.24. The summed E-state index contributed by atoms with van der Waals surface area (Å²) in [5.41, 5.74) is 2.68. The van der Waals surface area contributed by atoms with Crippen LogP contribution in [0.3, 0.4) is 0 Å². The second kappa shape index (κ2) is 6.06. The summed E-state index contributed by atoms with van der Waals surface area (Å²) in [6.07, 6.45) is 5.11. The molecule has 2 rings (SSSR count). The third kappa shape index (κ3) is 3.47. The second-order valence-corrected chi connectivity index (χ2v) is 5.07. The smallest absolute Gasteiger partial charge is 0.122 e. The van der Waals surface area contributed by atoms with Gasteiger partial charge >= 0.3 is 0 Å². The molecule has 0 aromatic heterocycles. The number of methoxy groups -OCH3 is 1. The topological polar surface area (TPSA) is 21.3 Å². The third-order valence-electron chi connectivity index (χ3n) is 3.66. The Morgan fingerprint density at radius 3 is 3.00 bits per heavy atom. The lowest BCUT2D eigenvalue weighted by atomic mass is 9.92. The fourth-order valence-electron chi connectivity index (χ4n) is 2.63. The maximum atomic E-state index is 5.42. The van der Waals surface area contributed by atoms with Gasteiger partial charge in [0.05, 0.1) is 7.11 Å². The molecule has 2 heteroatoms. The van der Waals surface area contributed by atoms with Gasteiger partial charge in [-0.05, 0) is 63.2 Å². The second-order valence-electron chi connectivity index (χ2n) is 5.07. The van der Waals surface area contributed by atoms with E-state index in [1.54, 1.807) is 7.11 Å². The van der Waals surface area contributed by atoms with E-state index in [0.29, 0.717) is 0 Å². The van der Waals surface area contributed by atoms with Gasteiger partial charge < -0.3 is 10.1 Å². The van der Waals surface area contributed by atoms with E-state index in [0.717, 1.165) is 18.1 Å². The summed E-state index contributed by atoms with van der Waals surface area (Å²) >= 11 is 0. The Balaban J connectivity index is 1.95. The number of hydrogen-bond donors (Lipinski definition) is 1. The van der Waals surface area contributed by atoms with E-state index in [4.69, 9.17) is 4.74 Å². The van der Waals surface area contributed by atoms with E-state index >= 15 is 0 Å². The molecule has 0 bridgehead atoms. The molecule has 1 N–H and O–H groups in total. The van der Waals surface area contributed by atoms with Crippen molar-refractivity contribution in [3.05, 3.63) is 29.3 Å². The fourth-order valence-corrected chi connectivity index (χ4v) is 2.63. The molecule has 94 valence electrons. The highest BCUT2D eigenvalue weighted by Gasteiger charge is 2.13. The molecule has 0 amide bonds. The van der Waals surface area contributed by atoms with Crippen molar-refractivity contribution < 1.29 is 4.74 Å². The number of ether oxygens (including phenoxy) is 1. The molecule has 0 saturated carbocycles. The Hall–Kier alpha value is -1.02. The maximum Gasteiger partial charge on any atom is 0.122 e. The molecule has 0 radical (unpaired) electrons. The van der Waals surface area contributed by atoms with Crippen LogP contribution in [0.5, 0.6) is 5.75 Å². The van der Waals surface area contributed by atoms with Gasteiger partial charge in [0.2, 0.25) is 0 Å². The van der Waals surface area contributed by atoms with E-state index in [1.807, 2.05) is 0 Å². The van der Waals surface area contributed by atoms with Crippen LogP contribution in [0.25, 0.3) is 0 Å². The monoisotopic (exact) mass is 233 g/mol. The summed E-state index contributed by atoms with van der Waals surface area (Å²) in [7, 11) is 1.76. The van der Waals surface area contributed by atoms with Crippen LogP contribution in [0, 0.1) is 12.8 Å². The summed E-state index contributed by atoms with van der Waals surface area (Å²) in [5, 5.41) is 3.48. The van der Waals surface area contributed by atoms with Crippen LogP contribution >= 0.6 is 0 Å². The van der Waals surface area contributed by atoms with Crippen LogP contribution in [0.2, 0.25) is 0 Å². The molecule has 1 atom stereocenters. The lowest BCUT2D eigenvalue weighted by Gasteiger charge is -2.23. The largest absolute Gasteiger partial charge is 0.496 e. The van der Waals surface area contributed by atoms with Crippen molar-refractivity contribution in [1.29, 1.82) is 0 Å². The predicted molar refractivity (Wildman–Crippen MR) is 71.6 cm³/mol. The van der Waals surface area contributed by atoms with Crippen molar-refractivity contribution in [3.8, 4) is 5.75 Å². The molecule has 1 aromatic rings. The average molecular weight is 233 g/mol. The first-order valence-corrected chi connectivity index (χ1v) is 6.64. The van der Waals surface area contributed by atoms with Gasteiger partial charge in [0, 0.05) is 0 Å². The zero-order valence-corrected chi connectivity index (χ0v) is 11.0. The third-order valence-corrected chi connectivity index (χ3v) is 3.66. The van der Waals surface area contributed by atoms with Crippen molar-refractivity contribution in [2.24, 2.45) is 5.92 Å². The molecule has 1 aliphatic rings. The Bertz CT molecular complexity index is 356. The van der Waals surface area contributed by atoms with E-state index in [9.17, 15) is 0 Å². The molecule has 1 fully saturated rings. The Labute approximate surface area is 104 Å². The lowest BCUT2D eigenvalue weighted by molar-refractivity contribution is 0.354. The number of hydrogen-bond acceptors (Lipinski definition) is 2. The Kier molecular flexibility index (Phi) is 4.43. The lowest BCUT2D eigenvalue weighted by Crippen LogP contribution is -2.29. The minimum atomic E-state index is 0.842. The summed E-state index contributed by atoms with van der Waals surface area (Å²) in [4.78, 5) is 0. The zero-order chi connectivity index (χ0) is 12.1. The number of piperidine rings is 1. The Morgan fingerprint density at radius 2 is 2.29 bits per heavy atom. The van der Waals surface area contributed by atoms with Gasteiger partial charge in [-0.1, -0.05) is 17.7 Å². The summed E-state index contributed by atoms with van der Waals surface area (Å²) in [6.45, 7) is 4.53.